The van der Waals surface area contributed by atoms with Crippen molar-refractivity contribution >= 4 is 23.2 Å². The van der Waals surface area contributed by atoms with E-state index in [0.717, 1.165) is 35.1 Å². The predicted molar refractivity (Wildman–Crippen MR) is 106 cm³/mol. The van der Waals surface area contributed by atoms with Gasteiger partial charge in [-0.3, -0.25) is 9.59 Å². The maximum Gasteiger partial charge on any atom is 0.263 e. The Labute approximate surface area is 170 Å². The zero-order valence-corrected chi connectivity index (χ0v) is 16.5. The lowest BCUT2D eigenvalue weighted by Crippen LogP contribution is -2.24. The van der Waals surface area contributed by atoms with E-state index in [-0.39, 0.29) is 24.8 Å². The second kappa shape index (κ2) is 9.38. The Kier molecular flexibility index (Phi) is 6.66. The van der Waals surface area contributed by atoms with Crippen LogP contribution in [0.2, 0.25) is 0 Å². The highest BCUT2D eigenvalue weighted by Gasteiger charge is 2.17. The molecule has 0 atom stereocenters. The zero-order valence-electron chi connectivity index (χ0n) is 15.7. The summed E-state index contributed by atoms with van der Waals surface area (Å²) in [4.78, 5) is 29.3. The molecule has 0 bridgehead atoms. The van der Waals surface area contributed by atoms with E-state index < -0.39 is 11.6 Å². The summed E-state index contributed by atoms with van der Waals surface area (Å²) in [5.41, 5.74) is 1.86. The van der Waals surface area contributed by atoms with Gasteiger partial charge in [0.15, 0.2) is 0 Å². The molecule has 3 aromatic rings. The number of nitrogens with one attached hydrogen (secondary N) is 2. The monoisotopic (exact) mass is 415 g/mol. The van der Waals surface area contributed by atoms with Crippen molar-refractivity contribution in [3.63, 3.8) is 0 Å². The number of benzene rings is 2. The van der Waals surface area contributed by atoms with Gasteiger partial charge < -0.3 is 10.6 Å². The minimum absolute atomic E-state index is 0.00227. The number of nitrogens with zero attached hydrogens (tertiary/aromatic N) is 1. The SMILES string of the molecule is Cc1nc(CC(=O)NCc2cc(F)cc(F)c2)sc1C(=O)NCc1ccccc1. The van der Waals surface area contributed by atoms with Gasteiger partial charge in [0.25, 0.3) is 5.91 Å². The first-order valence-electron chi connectivity index (χ1n) is 8.91. The molecule has 1 heterocycles. The van der Waals surface area contributed by atoms with E-state index in [9.17, 15) is 18.4 Å². The van der Waals surface area contributed by atoms with Gasteiger partial charge in [0.1, 0.15) is 21.5 Å². The summed E-state index contributed by atoms with van der Waals surface area (Å²) in [6.45, 7) is 2.12. The van der Waals surface area contributed by atoms with Gasteiger partial charge in [-0.05, 0) is 30.2 Å². The Hall–Kier alpha value is -3.13. The molecule has 2 amide bonds. The normalized spacial score (nSPS) is 10.6. The summed E-state index contributed by atoms with van der Waals surface area (Å²) in [5.74, 6) is -1.99. The van der Waals surface area contributed by atoms with E-state index in [0.29, 0.717) is 27.7 Å². The smallest absolute Gasteiger partial charge is 0.263 e. The molecule has 0 aliphatic rings. The first-order valence-corrected chi connectivity index (χ1v) is 9.72. The van der Waals surface area contributed by atoms with E-state index in [1.165, 1.54) is 0 Å². The number of aromatic nitrogens is 1. The van der Waals surface area contributed by atoms with Gasteiger partial charge in [0.05, 0.1) is 12.1 Å². The van der Waals surface area contributed by atoms with Crippen molar-refractivity contribution in [2.24, 2.45) is 0 Å². The van der Waals surface area contributed by atoms with Crippen LogP contribution >= 0.6 is 11.3 Å². The van der Waals surface area contributed by atoms with Crippen molar-refractivity contribution in [1.29, 1.82) is 0 Å². The number of aryl methyl sites for hydroxylation is 1. The molecule has 5 nitrogen and oxygen atoms in total. The first-order chi connectivity index (χ1) is 13.9. The number of hydrogen-bond acceptors (Lipinski definition) is 4. The molecule has 2 N–H and O–H groups in total. The van der Waals surface area contributed by atoms with Gasteiger partial charge in [0, 0.05) is 19.2 Å². The molecule has 0 spiro atoms. The fraction of sp³-hybridized carbons (Fsp3) is 0.190. The summed E-state index contributed by atoms with van der Waals surface area (Å²) in [6, 6.07) is 12.6. The van der Waals surface area contributed by atoms with E-state index >= 15 is 0 Å². The third-order valence-electron chi connectivity index (χ3n) is 4.07. The lowest BCUT2D eigenvalue weighted by molar-refractivity contribution is -0.120. The zero-order chi connectivity index (χ0) is 20.8. The van der Waals surface area contributed by atoms with Crippen LogP contribution in [0.3, 0.4) is 0 Å². The lowest BCUT2D eigenvalue weighted by atomic mass is 10.2. The summed E-state index contributed by atoms with van der Waals surface area (Å²) in [6.07, 6.45) is -0.0186. The number of carbonyl (C=O) groups excluding carboxylic acids is 2. The van der Waals surface area contributed by atoms with Crippen LogP contribution in [0.1, 0.15) is 31.5 Å². The minimum Gasteiger partial charge on any atom is -0.352 e. The van der Waals surface area contributed by atoms with E-state index in [1.54, 1.807) is 6.92 Å². The van der Waals surface area contributed by atoms with Gasteiger partial charge in [-0.1, -0.05) is 30.3 Å². The van der Waals surface area contributed by atoms with Crippen LogP contribution in [0.25, 0.3) is 0 Å². The molecule has 0 aliphatic heterocycles. The van der Waals surface area contributed by atoms with Gasteiger partial charge in [0.2, 0.25) is 5.91 Å². The highest BCUT2D eigenvalue weighted by Crippen LogP contribution is 2.19. The fourth-order valence-electron chi connectivity index (χ4n) is 2.71. The van der Waals surface area contributed by atoms with Crippen LogP contribution in [-0.4, -0.2) is 16.8 Å². The van der Waals surface area contributed by atoms with E-state index in [1.807, 2.05) is 30.3 Å². The van der Waals surface area contributed by atoms with Crippen LogP contribution in [0.15, 0.2) is 48.5 Å². The molecule has 0 aliphatic carbocycles. The van der Waals surface area contributed by atoms with Crippen LogP contribution in [0.5, 0.6) is 0 Å². The van der Waals surface area contributed by atoms with Gasteiger partial charge in [-0.25, -0.2) is 13.8 Å². The maximum atomic E-state index is 13.2. The Morgan fingerprint density at radius 1 is 0.966 bits per heavy atom. The average Bonchev–Trinajstić information content (AvgIpc) is 3.04. The minimum atomic E-state index is -0.698. The Balaban J connectivity index is 1.55. The number of thiazole rings is 1. The number of hydrogen-bond donors (Lipinski definition) is 2. The predicted octanol–water partition coefficient (Wildman–Crippen LogP) is 3.52. The van der Waals surface area contributed by atoms with Crippen molar-refractivity contribution in [3.8, 4) is 0 Å². The Bertz CT molecular complexity index is 1000. The second-order valence-electron chi connectivity index (χ2n) is 6.42. The molecule has 1 aromatic heterocycles. The molecular formula is C21H19F2N3O2S. The molecule has 0 radical (unpaired) electrons. The van der Waals surface area contributed by atoms with E-state index in [4.69, 9.17) is 0 Å². The second-order valence-corrected chi connectivity index (χ2v) is 7.51. The quantitative estimate of drug-likeness (QED) is 0.620. The van der Waals surface area contributed by atoms with Crippen LogP contribution in [0, 0.1) is 18.6 Å². The van der Waals surface area contributed by atoms with Crippen LogP contribution in [-0.2, 0) is 24.3 Å². The van der Waals surface area contributed by atoms with Gasteiger partial charge in [-0.15, -0.1) is 11.3 Å². The summed E-state index contributed by atoms with van der Waals surface area (Å²) in [7, 11) is 0. The van der Waals surface area contributed by atoms with Crippen molar-refractivity contribution in [2.45, 2.75) is 26.4 Å². The van der Waals surface area contributed by atoms with E-state index in [2.05, 4.69) is 15.6 Å². The summed E-state index contributed by atoms with van der Waals surface area (Å²) >= 11 is 1.15. The molecule has 0 unspecified atom stereocenters. The largest absolute Gasteiger partial charge is 0.352 e. The van der Waals surface area contributed by atoms with Crippen molar-refractivity contribution < 1.29 is 18.4 Å². The average molecular weight is 415 g/mol. The molecule has 3 rings (SSSR count). The highest BCUT2D eigenvalue weighted by atomic mass is 32.1. The molecule has 0 fully saturated rings. The number of halogens is 2. The molecule has 29 heavy (non-hydrogen) atoms. The van der Waals surface area contributed by atoms with Crippen LogP contribution in [0.4, 0.5) is 8.78 Å². The standard InChI is InChI=1S/C21H19F2N3O2S/c1-13-20(21(28)25-11-14-5-3-2-4-6-14)29-19(26-13)10-18(27)24-12-15-7-16(22)9-17(23)8-15/h2-9H,10-12H2,1H3,(H,24,27)(H,25,28). The summed E-state index contributed by atoms with van der Waals surface area (Å²) in [5, 5.41) is 5.94. The Morgan fingerprint density at radius 3 is 2.31 bits per heavy atom. The molecule has 150 valence electrons. The Morgan fingerprint density at radius 2 is 1.62 bits per heavy atom. The van der Waals surface area contributed by atoms with Gasteiger partial charge in [-0.2, -0.15) is 0 Å². The van der Waals surface area contributed by atoms with Crippen molar-refractivity contribution in [2.75, 3.05) is 0 Å². The summed E-state index contributed by atoms with van der Waals surface area (Å²) < 4.78 is 26.4. The third kappa shape index (κ3) is 5.92. The van der Waals surface area contributed by atoms with Crippen molar-refractivity contribution in [3.05, 3.63) is 86.9 Å². The number of carbonyl (C=O) groups is 2. The fourth-order valence-corrected chi connectivity index (χ4v) is 3.69. The molecule has 2 aromatic carbocycles. The highest BCUT2D eigenvalue weighted by molar-refractivity contribution is 7.13. The number of amides is 2. The third-order valence-corrected chi connectivity index (χ3v) is 5.22. The lowest BCUT2D eigenvalue weighted by Gasteiger charge is -2.05. The van der Waals surface area contributed by atoms with Crippen LogP contribution < -0.4 is 10.6 Å². The van der Waals surface area contributed by atoms with Gasteiger partial charge >= 0.3 is 0 Å². The molecule has 0 saturated heterocycles. The first kappa shape index (κ1) is 20.6. The molecule has 0 saturated carbocycles. The molecule has 8 heteroatoms. The molecular weight excluding hydrogens is 396 g/mol. The maximum absolute atomic E-state index is 13.2. The number of rotatable bonds is 7. The topological polar surface area (TPSA) is 71.1 Å². The van der Waals surface area contributed by atoms with Crippen molar-refractivity contribution in [1.82, 2.24) is 15.6 Å².